The number of hydrogen-bond donors (Lipinski definition) is 0. The maximum absolute atomic E-state index is 12.3. The van der Waals surface area contributed by atoms with Gasteiger partial charge in [0.15, 0.2) is 0 Å². The minimum atomic E-state index is -3.56. The van der Waals surface area contributed by atoms with Gasteiger partial charge in [0.25, 0.3) is 5.70 Å². The van der Waals surface area contributed by atoms with E-state index in [1.807, 2.05) is 0 Å². The maximum atomic E-state index is 12.3. The maximum Gasteiger partial charge on any atom is 0.269 e. The molecular formula is C15H10N2O2S. The normalized spacial score (nSPS) is 19.1. The number of allylic oxidation sites excluding steroid dienone is 5. The van der Waals surface area contributed by atoms with Crippen molar-refractivity contribution in [2.45, 2.75) is 6.92 Å². The van der Waals surface area contributed by atoms with Gasteiger partial charge in [0.05, 0.1) is 17.5 Å². The van der Waals surface area contributed by atoms with Crippen LogP contribution in [0.2, 0.25) is 0 Å². The molecule has 1 heterocycles. The van der Waals surface area contributed by atoms with Crippen molar-refractivity contribution in [2.75, 3.05) is 0 Å². The second-order valence-corrected chi connectivity index (χ2v) is 6.25. The molecule has 1 aromatic carbocycles. The first-order chi connectivity index (χ1) is 9.50. The molecule has 5 heteroatoms. The molecule has 4 nitrogen and oxygen atoms in total. The fourth-order valence-electron chi connectivity index (χ4n) is 1.86. The molecule has 0 amide bonds. The fraction of sp³-hybridized carbons (Fsp3) is 0.0667. The van der Waals surface area contributed by atoms with Crippen LogP contribution in [0.4, 0.5) is 0 Å². The Morgan fingerprint density at radius 3 is 2.45 bits per heavy atom. The van der Waals surface area contributed by atoms with E-state index >= 15 is 0 Å². The monoisotopic (exact) mass is 282 g/mol. The van der Waals surface area contributed by atoms with Gasteiger partial charge in [0.2, 0.25) is 9.84 Å². The number of benzene rings is 1. The van der Waals surface area contributed by atoms with Gasteiger partial charge in [-0.3, -0.25) is 0 Å². The van der Waals surface area contributed by atoms with E-state index in [9.17, 15) is 8.42 Å². The minimum Gasteiger partial charge on any atom is -0.226 e. The average Bonchev–Trinajstić information content (AvgIpc) is 2.45. The predicted molar refractivity (Wildman–Crippen MR) is 76.3 cm³/mol. The first-order valence-electron chi connectivity index (χ1n) is 5.73. The summed E-state index contributed by atoms with van der Waals surface area (Å²) in [7, 11) is -3.56. The van der Waals surface area contributed by atoms with E-state index in [0.717, 1.165) is 0 Å². The predicted octanol–water partition coefficient (Wildman–Crippen LogP) is 3.06. The van der Waals surface area contributed by atoms with Crippen LogP contribution in [0.5, 0.6) is 0 Å². The van der Waals surface area contributed by atoms with E-state index in [4.69, 9.17) is 11.8 Å². The van der Waals surface area contributed by atoms with Crippen molar-refractivity contribution in [2.24, 2.45) is 0 Å². The molecule has 1 aliphatic rings. The SMILES string of the molecule is [C-]#[N+]/C(C#N)=C1\C=C(C)S(=O)(=O)C(c2ccccc2)=C1. The lowest BCUT2D eigenvalue weighted by Gasteiger charge is -2.15. The molecule has 2 rings (SSSR count). The lowest BCUT2D eigenvalue weighted by atomic mass is 10.1. The zero-order valence-corrected chi connectivity index (χ0v) is 11.5. The van der Waals surface area contributed by atoms with Gasteiger partial charge >= 0.3 is 0 Å². The average molecular weight is 282 g/mol. The van der Waals surface area contributed by atoms with Gasteiger partial charge in [-0.1, -0.05) is 36.4 Å². The summed E-state index contributed by atoms with van der Waals surface area (Å²) in [5.74, 6) is 0. The first-order valence-corrected chi connectivity index (χ1v) is 7.21. The molecule has 0 spiro atoms. The molecule has 98 valence electrons. The van der Waals surface area contributed by atoms with Crippen molar-refractivity contribution in [3.63, 3.8) is 0 Å². The van der Waals surface area contributed by atoms with E-state index < -0.39 is 9.84 Å². The molecule has 0 N–H and O–H groups in total. The summed E-state index contributed by atoms with van der Waals surface area (Å²) < 4.78 is 24.7. The lowest BCUT2D eigenvalue weighted by Crippen LogP contribution is -2.09. The third kappa shape index (κ3) is 2.27. The molecule has 0 unspecified atom stereocenters. The van der Waals surface area contributed by atoms with Gasteiger partial charge in [-0.05, 0) is 24.1 Å². The third-order valence-electron chi connectivity index (χ3n) is 2.91. The Labute approximate surface area is 117 Å². The number of nitrogens with zero attached hydrogens (tertiary/aromatic N) is 2. The largest absolute Gasteiger partial charge is 0.269 e. The van der Waals surface area contributed by atoms with Crippen molar-refractivity contribution in [3.05, 3.63) is 75.6 Å². The highest BCUT2D eigenvalue weighted by molar-refractivity contribution is 8.04. The lowest BCUT2D eigenvalue weighted by molar-refractivity contribution is 0.611. The van der Waals surface area contributed by atoms with Gasteiger partial charge in [0.1, 0.15) is 0 Å². The van der Waals surface area contributed by atoms with E-state index in [1.54, 1.807) is 36.4 Å². The van der Waals surface area contributed by atoms with Crippen LogP contribution in [0, 0.1) is 17.9 Å². The summed E-state index contributed by atoms with van der Waals surface area (Å²) in [6, 6.07) is 10.4. The Hall–Kier alpha value is -2.63. The molecule has 0 saturated heterocycles. The summed E-state index contributed by atoms with van der Waals surface area (Å²) in [6.45, 7) is 8.43. The summed E-state index contributed by atoms with van der Waals surface area (Å²) in [5.41, 5.74) is 0.751. The Morgan fingerprint density at radius 1 is 1.25 bits per heavy atom. The summed E-state index contributed by atoms with van der Waals surface area (Å²) >= 11 is 0. The molecule has 0 atom stereocenters. The van der Waals surface area contributed by atoms with Crippen LogP contribution in [0.3, 0.4) is 0 Å². The molecule has 0 radical (unpaired) electrons. The van der Waals surface area contributed by atoms with Gasteiger partial charge in [-0.25, -0.2) is 18.5 Å². The number of nitriles is 1. The van der Waals surface area contributed by atoms with Crippen LogP contribution in [0.1, 0.15) is 12.5 Å². The molecule has 0 bridgehead atoms. The molecule has 0 aromatic heterocycles. The van der Waals surface area contributed by atoms with Gasteiger partial charge < -0.3 is 0 Å². The van der Waals surface area contributed by atoms with Crippen molar-refractivity contribution in [3.8, 4) is 6.07 Å². The highest BCUT2D eigenvalue weighted by atomic mass is 32.2. The van der Waals surface area contributed by atoms with Crippen molar-refractivity contribution in [1.29, 1.82) is 5.26 Å². The number of rotatable bonds is 1. The van der Waals surface area contributed by atoms with E-state index in [1.165, 1.54) is 19.1 Å². The minimum absolute atomic E-state index is 0.115. The molecule has 1 aliphatic heterocycles. The van der Waals surface area contributed by atoms with E-state index in [0.29, 0.717) is 11.1 Å². The molecule has 0 saturated carbocycles. The van der Waals surface area contributed by atoms with Crippen LogP contribution in [0.15, 0.2) is 58.7 Å². The molecule has 1 aromatic rings. The molecule has 0 fully saturated rings. The first kappa shape index (κ1) is 13.8. The van der Waals surface area contributed by atoms with Crippen LogP contribution >= 0.6 is 0 Å². The molecule has 0 aliphatic carbocycles. The van der Waals surface area contributed by atoms with Crippen molar-refractivity contribution < 1.29 is 8.42 Å². The summed E-state index contributed by atoms with van der Waals surface area (Å²) in [4.78, 5) is 3.37. The second-order valence-electron chi connectivity index (χ2n) is 4.16. The summed E-state index contributed by atoms with van der Waals surface area (Å²) in [5, 5.41) is 8.92. The van der Waals surface area contributed by atoms with Gasteiger partial charge in [0, 0.05) is 4.91 Å². The Kier molecular flexibility index (Phi) is 3.56. The number of hydrogen-bond acceptors (Lipinski definition) is 3. The van der Waals surface area contributed by atoms with Crippen LogP contribution in [0.25, 0.3) is 9.75 Å². The molecule has 20 heavy (non-hydrogen) atoms. The van der Waals surface area contributed by atoms with Crippen LogP contribution in [-0.2, 0) is 9.84 Å². The van der Waals surface area contributed by atoms with Gasteiger partial charge in [-0.2, -0.15) is 0 Å². The van der Waals surface area contributed by atoms with Crippen LogP contribution < -0.4 is 0 Å². The summed E-state index contributed by atoms with van der Waals surface area (Å²) in [6.07, 6.45) is 2.74. The van der Waals surface area contributed by atoms with E-state index in [2.05, 4.69) is 4.85 Å². The Balaban J connectivity index is 2.75. The topological polar surface area (TPSA) is 62.3 Å². The fourth-order valence-corrected chi connectivity index (χ4v) is 3.22. The quantitative estimate of drug-likeness (QED) is 0.587. The Morgan fingerprint density at radius 2 is 1.90 bits per heavy atom. The van der Waals surface area contributed by atoms with Crippen LogP contribution in [-0.4, -0.2) is 8.42 Å². The smallest absolute Gasteiger partial charge is 0.226 e. The van der Waals surface area contributed by atoms with Crippen molar-refractivity contribution >= 4 is 14.7 Å². The second kappa shape index (κ2) is 5.16. The number of sulfone groups is 1. The molecular weight excluding hydrogens is 272 g/mol. The zero-order valence-electron chi connectivity index (χ0n) is 10.7. The van der Waals surface area contributed by atoms with E-state index in [-0.39, 0.29) is 15.5 Å². The zero-order chi connectivity index (χ0) is 14.8. The highest BCUT2D eigenvalue weighted by Gasteiger charge is 2.26. The third-order valence-corrected chi connectivity index (χ3v) is 4.81. The Bertz CT molecular complexity index is 814. The van der Waals surface area contributed by atoms with Crippen molar-refractivity contribution in [1.82, 2.24) is 0 Å². The van der Waals surface area contributed by atoms with Gasteiger partial charge in [-0.15, -0.1) is 0 Å². The standard InChI is InChI=1S/C15H10N2O2S/c1-11-8-13(14(10-16)17-2)9-15(20(11,18)19)12-6-4-3-5-7-12/h3-9H,1H3/b14-13+. The highest BCUT2D eigenvalue weighted by Crippen LogP contribution is 2.34.